The molecular formula is C27H31F6NO. The summed E-state index contributed by atoms with van der Waals surface area (Å²) in [5.74, 6) is -0.302. The molecule has 1 saturated heterocycles. The summed E-state index contributed by atoms with van der Waals surface area (Å²) < 4.78 is 80.1. The number of likely N-dealkylation sites (tertiary alicyclic amines) is 1. The molecule has 192 valence electrons. The van der Waals surface area contributed by atoms with Gasteiger partial charge in [0.1, 0.15) is 11.8 Å². The van der Waals surface area contributed by atoms with E-state index in [9.17, 15) is 31.1 Å². The molecule has 0 amide bonds. The number of halogens is 6. The van der Waals surface area contributed by atoms with Crippen LogP contribution in [0.1, 0.15) is 75.1 Å². The molecule has 0 saturated carbocycles. The van der Waals surface area contributed by atoms with E-state index >= 15 is 0 Å². The van der Waals surface area contributed by atoms with Gasteiger partial charge in [0.15, 0.2) is 0 Å². The molecule has 0 bridgehead atoms. The van der Waals surface area contributed by atoms with Crippen molar-refractivity contribution in [3.8, 4) is 11.1 Å². The van der Waals surface area contributed by atoms with E-state index in [4.69, 9.17) is 0 Å². The monoisotopic (exact) mass is 499 g/mol. The maximum atomic E-state index is 13.6. The number of hydrogen-bond donors (Lipinski definition) is 0. The van der Waals surface area contributed by atoms with Crippen molar-refractivity contribution in [1.82, 2.24) is 4.90 Å². The smallest absolute Gasteiger partial charge is 0.299 e. The van der Waals surface area contributed by atoms with Gasteiger partial charge < -0.3 is 0 Å². The minimum atomic E-state index is -4.47. The van der Waals surface area contributed by atoms with Crippen molar-refractivity contribution in [2.75, 3.05) is 7.05 Å². The van der Waals surface area contributed by atoms with E-state index in [2.05, 4.69) is 0 Å². The van der Waals surface area contributed by atoms with E-state index in [0.717, 1.165) is 12.1 Å². The number of benzene rings is 2. The van der Waals surface area contributed by atoms with Gasteiger partial charge in [-0.3, -0.25) is 9.69 Å². The molecule has 0 spiro atoms. The summed E-state index contributed by atoms with van der Waals surface area (Å²) in [4.78, 5) is 13.9. The number of carbonyl (C=O) groups is 1. The number of hydrogen-bond acceptors (Lipinski definition) is 2. The zero-order valence-corrected chi connectivity index (χ0v) is 20.3. The SMILES string of the molecule is CC(=O)C(CC(C)C)c1cc(-c2ccc(C(F)(F)F)cc2)cc(C2CCCC(C(F)(F)F)N2C)c1. The third-order valence-electron chi connectivity index (χ3n) is 6.82. The Bertz CT molecular complexity index is 1030. The number of piperidine rings is 1. The number of nitrogens with zero attached hydrogens (tertiary/aromatic N) is 1. The van der Waals surface area contributed by atoms with Crippen LogP contribution in [-0.4, -0.2) is 29.9 Å². The van der Waals surface area contributed by atoms with E-state index in [1.165, 1.54) is 31.0 Å². The van der Waals surface area contributed by atoms with Crippen molar-refractivity contribution in [2.45, 2.75) is 76.8 Å². The molecule has 1 aliphatic heterocycles. The molecule has 3 rings (SSSR count). The largest absolute Gasteiger partial charge is 0.416 e. The molecule has 1 aliphatic rings. The number of ketones is 1. The maximum absolute atomic E-state index is 13.6. The number of carbonyl (C=O) groups excluding carboxylic acids is 1. The summed E-state index contributed by atoms with van der Waals surface area (Å²) in [5.41, 5.74) is 1.65. The quantitative estimate of drug-likeness (QED) is 0.374. The Balaban J connectivity index is 2.12. The molecule has 3 atom stereocenters. The van der Waals surface area contributed by atoms with Crippen molar-refractivity contribution >= 4 is 5.78 Å². The third-order valence-corrected chi connectivity index (χ3v) is 6.82. The summed E-state index contributed by atoms with van der Waals surface area (Å²) in [6.45, 7) is 5.46. The predicted molar refractivity (Wildman–Crippen MR) is 124 cm³/mol. The molecule has 35 heavy (non-hydrogen) atoms. The Morgan fingerprint density at radius 2 is 1.60 bits per heavy atom. The summed E-state index contributed by atoms with van der Waals surface area (Å²) in [6, 6.07) is 7.95. The van der Waals surface area contributed by atoms with E-state index in [1.54, 1.807) is 12.1 Å². The lowest BCUT2D eigenvalue weighted by Crippen LogP contribution is -2.47. The van der Waals surface area contributed by atoms with Gasteiger partial charge in [0.05, 0.1) is 5.56 Å². The van der Waals surface area contributed by atoms with Crippen LogP contribution in [0.25, 0.3) is 11.1 Å². The molecule has 0 radical (unpaired) electrons. The molecule has 0 N–H and O–H groups in total. The molecule has 2 aromatic carbocycles. The first-order valence-electron chi connectivity index (χ1n) is 11.8. The van der Waals surface area contributed by atoms with Crippen molar-refractivity contribution in [3.05, 3.63) is 59.2 Å². The standard InChI is InChI=1S/C27H31F6NO/c1-16(2)12-23(17(3)35)20-13-19(18-8-10-22(11-9-18)26(28,29)30)14-21(15-20)24-6-5-7-25(34(24)4)27(31,32)33/h8-11,13-16,23-25H,5-7,12H2,1-4H3. The van der Waals surface area contributed by atoms with Gasteiger partial charge in [0, 0.05) is 12.0 Å². The van der Waals surface area contributed by atoms with Crippen LogP contribution in [0.4, 0.5) is 26.3 Å². The average molecular weight is 500 g/mol. The summed E-state index contributed by atoms with van der Waals surface area (Å²) in [5, 5.41) is 0. The predicted octanol–water partition coefficient (Wildman–Crippen LogP) is 8.18. The second kappa shape index (κ2) is 10.3. The zero-order valence-electron chi connectivity index (χ0n) is 20.3. The first kappa shape index (κ1) is 27.2. The Morgan fingerprint density at radius 1 is 0.971 bits per heavy atom. The van der Waals surface area contributed by atoms with Gasteiger partial charge in [-0.1, -0.05) is 38.1 Å². The number of rotatable bonds is 6. The first-order valence-corrected chi connectivity index (χ1v) is 11.8. The number of Topliss-reactive ketones (excluding diaryl/α,β-unsaturated/α-hetero) is 1. The maximum Gasteiger partial charge on any atom is 0.416 e. The molecule has 8 heteroatoms. The fraction of sp³-hybridized carbons (Fsp3) is 0.519. The normalized spacial score (nSPS) is 20.8. The van der Waals surface area contributed by atoms with Gasteiger partial charge in [0.2, 0.25) is 0 Å². The van der Waals surface area contributed by atoms with Crippen molar-refractivity contribution in [1.29, 1.82) is 0 Å². The van der Waals surface area contributed by atoms with Crippen molar-refractivity contribution in [2.24, 2.45) is 5.92 Å². The molecule has 2 aromatic rings. The fourth-order valence-electron chi connectivity index (χ4n) is 5.02. The van der Waals surface area contributed by atoms with Crippen LogP contribution < -0.4 is 0 Å². The van der Waals surface area contributed by atoms with Gasteiger partial charge in [-0.15, -0.1) is 0 Å². The van der Waals surface area contributed by atoms with E-state index in [0.29, 0.717) is 41.5 Å². The van der Waals surface area contributed by atoms with E-state index in [-0.39, 0.29) is 18.1 Å². The van der Waals surface area contributed by atoms with Crippen molar-refractivity contribution in [3.63, 3.8) is 0 Å². The fourth-order valence-corrected chi connectivity index (χ4v) is 5.02. The van der Waals surface area contributed by atoms with Gasteiger partial charge in [0.25, 0.3) is 0 Å². The van der Waals surface area contributed by atoms with Gasteiger partial charge in [-0.2, -0.15) is 26.3 Å². The van der Waals surface area contributed by atoms with Crippen molar-refractivity contribution < 1.29 is 31.1 Å². The third kappa shape index (κ3) is 6.46. The van der Waals surface area contributed by atoms with Gasteiger partial charge in [-0.25, -0.2) is 0 Å². The average Bonchev–Trinajstić information content (AvgIpc) is 2.75. The summed E-state index contributed by atoms with van der Waals surface area (Å²) in [6.07, 6.45) is -7.32. The first-order chi connectivity index (χ1) is 16.2. The Labute approximate surface area is 202 Å². The molecule has 1 fully saturated rings. The van der Waals surface area contributed by atoms with Crippen LogP contribution in [0.5, 0.6) is 0 Å². The topological polar surface area (TPSA) is 20.3 Å². The molecule has 1 heterocycles. The Morgan fingerprint density at radius 3 is 2.11 bits per heavy atom. The molecule has 0 aromatic heterocycles. The van der Waals surface area contributed by atoms with Crippen LogP contribution in [0.3, 0.4) is 0 Å². The van der Waals surface area contributed by atoms with Crippen LogP contribution in [0, 0.1) is 5.92 Å². The Hall–Kier alpha value is -2.35. The minimum absolute atomic E-state index is 0.0192. The molecular weight excluding hydrogens is 468 g/mol. The highest BCUT2D eigenvalue weighted by atomic mass is 19.4. The second-order valence-electron chi connectivity index (χ2n) is 9.93. The van der Waals surface area contributed by atoms with E-state index in [1.807, 2.05) is 19.9 Å². The summed E-state index contributed by atoms with van der Waals surface area (Å²) in [7, 11) is 1.46. The molecule has 3 unspecified atom stereocenters. The van der Waals surface area contributed by atoms with Crippen LogP contribution in [0.15, 0.2) is 42.5 Å². The van der Waals surface area contributed by atoms with Gasteiger partial charge in [-0.05, 0) is 86.0 Å². The lowest BCUT2D eigenvalue weighted by Gasteiger charge is -2.41. The lowest BCUT2D eigenvalue weighted by atomic mass is 9.82. The minimum Gasteiger partial charge on any atom is -0.299 e. The van der Waals surface area contributed by atoms with E-state index < -0.39 is 35.9 Å². The van der Waals surface area contributed by atoms with Gasteiger partial charge >= 0.3 is 12.4 Å². The summed E-state index contributed by atoms with van der Waals surface area (Å²) >= 11 is 0. The van der Waals surface area contributed by atoms with Crippen LogP contribution in [-0.2, 0) is 11.0 Å². The number of alkyl halides is 6. The highest BCUT2D eigenvalue weighted by molar-refractivity contribution is 5.84. The molecule has 0 aliphatic carbocycles. The second-order valence-corrected chi connectivity index (χ2v) is 9.93. The van der Waals surface area contributed by atoms with Crippen LogP contribution >= 0.6 is 0 Å². The van der Waals surface area contributed by atoms with Crippen LogP contribution in [0.2, 0.25) is 0 Å². The molecule has 2 nitrogen and oxygen atoms in total. The zero-order chi connectivity index (χ0) is 26.1. The highest BCUT2D eigenvalue weighted by Crippen LogP contribution is 2.42. The highest BCUT2D eigenvalue weighted by Gasteiger charge is 2.46. The Kier molecular flexibility index (Phi) is 8.04. The lowest BCUT2D eigenvalue weighted by molar-refractivity contribution is -0.194.